The molecular formula is C17H18FN7. The highest BCUT2D eigenvalue weighted by Gasteiger charge is 2.18. The van der Waals surface area contributed by atoms with Crippen LogP contribution in [-0.4, -0.2) is 35.3 Å². The van der Waals surface area contributed by atoms with E-state index in [1.54, 1.807) is 18.6 Å². The van der Waals surface area contributed by atoms with Crippen molar-refractivity contribution in [3.63, 3.8) is 0 Å². The molecule has 3 aromatic rings. The first-order valence-corrected chi connectivity index (χ1v) is 8.28. The first-order valence-electron chi connectivity index (χ1n) is 8.28. The Hall–Kier alpha value is -2.90. The van der Waals surface area contributed by atoms with Crippen molar-refractivity contribution in [2.75, 3.05) is 0 Å². The minimum atomic E-state index is -0.222. The van der Waals surface area contributed by atoms with Gasteiger partial charge in [0.1, 0.15) is 28.7 Å². The normalized spacial score (nSPS) is 14.7. The van der Waals surface area contributed by atoms with Crippen molar-refractivity contribution in [2.45, 2.75) is 39.8 Å². The molecule has 0 aliphatic carbocycles. The molecular weight excluding hydrogens is 321 g/mol. The van der Waals surface area contributed by atoms with Gasteiger partial charge in [0.2, 0.25) is 0 Å². The second-order valence-electron chi connectivity index (χ2n) is 5.88. The maximum Gasteiger partial charge on any atom is 0.163 e. The van der Waals surface area contributed by atoms with Crippen LogP contribution in [0.3, 0.4) is 0 Å². The highest BCUT2D eigenvalue weighted by atomic mass is 19.1. The van der Waals surface area contributed by atoms with E-state index in [9.17, 15) is 4.39 Å². The van der Waals surface area contributed by atoms with Gasteiger partial charge < -0.3 is 9.13 Å². The summed E-state index contributed by atoms with van der Waals surface area (Å²) in [4.78, 5) is 21.8. The standard InChI is InChI=1S/C17H18FN7/c1-3-25-14(23-13-9-21-11(2)22-16(13)25)10-24-8-7-20-17(24)15-12(18)5-4-6-19-15/h6-9H,3-5,10H2,1-2H3. The Morgan fingerprint density at radius 2 is 2.12 bits per heavy atom. The summed E-state index contributed by atoms with van der Waals surface area (Å²) in [7, 11) is 0. The van der Waals surface area contributed by atoms with E-state index in [0.717, 1.165) is 23.5 Å². The lowest BCUT2D eigenvalue weighted by atomic mass is 10.2. The number of nitrogens with zero attached hydrogens (tertiary/aromatic N) is 7. The van der Waals surface area contributed by atoms with Gasteiger partial charge >= 0.3 is 0 Å². The van der Waals surface area contributed by atoms with E-state index in [4.69, 9.17) is 0 Å². The molecule has 3 aromatic heterocycles. The third-order valence-electron chi connectivity index (χ3n) is 4.21. The van der Waals surface area contributed by atoms with Crippen molar-refractivity contribution >= 4 is 23.1 Å². The van der Waals surface area contributed by atoms with Gasteiger partial charge in [-0.1, -0.05) is 0 Å². The van der Waals surface area contributed by atoms with Crippen molar-refractivity contribution in [3.8, 4) is 0 Å². The summed E-state index contributed by atoms with van der Waals surface area (Å²) in [6.45, 7) is 5.10. The fourth-order valence-corrected chi connectivity index (χ4v) is 3.02. The second-order valence-corrected chi connectivity index (χ2v) is 5.88. The quantitative estimate of drug-likeness (QED) is 0.732. The molecule has 0 fully saturated rings. The molecule has 0 spiro atoms. The number of halogens is 1. The van der Waals surface area contributed by atoms with Gasteiger partial charge in [0.25, 0.3) is 0 Å². The fraction of sp³-hybridized carbons (Fsp3) is 0.353. The minimum absolute atomic E-state index is 0.222. The molecule has 1 aliphatic rings. The van der Waals surface area contributed by atoms with Gasteiger partial charge in [0.05, 0.1) is 12.7 Å². The zero-order valence-electron chi connectivity index (χ0n) is 14.1. The van der Waals surface area contributed by atoms with Crippen LogP contribution in [0.2, 0.25) is 0 Å². The summed E-state index contributed by atoms with van der Waals surface area (Å²) in [5.41, 5.74) is 1.88. The smallest absolute Gasteiger partial charge is 0.163 e. The number of allylic oxidation sites excluding steroid dienone is 1. The fourth-order valence-electron chi connectivity index (χ4n) is 3.02. The third kappa shape index (κ3) is 2.73. The first-order chi connectivity index (χ1) is 12.2. The van der Waals surface area contributed by atoms with Gasteiger partial charge in [0.15, 0.2) is 11.5 Å². The van der Waals surface area contributed by atoms with E-state index >= 15 is 0 Å². The molecule has 0 bridgehead atoms. The van der Waals surface area contributed by atoms with Crippen LogP contribution in [0.4, 0.5) is 4.39 Å². The molecule has 0 unspecified atom stereocenters. The number of aryl methyl sites for hydroxylation is 2. The predicted octanol–water partition coefficient (Wildman–Crippen LogP) is 2.90. The predicted molar refractivity (Wildman–Crippen MR) is 92.8 cm³/mol. The summed E-state index contributed by atoms with van der Waals surface area (Å²) in [6.07, 6.45) is 7.93. The van der Waals surface area contributed by atoms with Crippen LogP contribution >= 0.6 is 0 Å². The van der Waals surface area contributed by atoms with Crippen LogP contribution in [0, 0.1) is 6.92 Å². The minimum Gasteiger partial charge on any atom is -0.322 e. The highest BCUT2D eigenvalue weighted by molar-refractivity contribution is 5.75. The summed E-state index contributed by atoms with van der Waals surface area (Å²) in [5.74, 6) is 1.84. The maximum atomic E-state index is 14.2. The van der Waals surface area contributed by atoms with E-state index in [-0.39, 0.29) is 5.83 Å². The Labute approximate surface area is 144 Å². The van der Waals surface area contributed by atoms with Crippen LogP contribution < -0.4 is 0 Å². The van der Waals surface area contributed by atoms with E-state index < -0.39 is 0 Å². The summed E-state index contributed by atoms with van der Waals surface area (Å²) in [5, 5.41) is 0. The van der Waals surface area contributed by atoms with Gasteiger partial charge in [0, 0.05) is 31.6 Å². The van der Waals surface area contributed by atoms with E-state index in [1.165, 1.54) is 0 Å². The van der Waals surface area contributed by atoms with Crippen molar-refractivity contribution < 1.29 is 4.39 Å². The van der Waals surface area contributed by atoms with Crippen molar-refractivity contribution in [3.05, 3.63) is 41.9 Å². The van der Waals surface area contributed by atoms with E-state index in [2.05, 4.69) is 24.9 Å². The maximum absolute atomic E-state index is 14.2. The van der Waals surface area contributed by atoms with Gasteiger partial charge in [-0.05, 0) is 20.3 Å². The summed E-state index contributed by atoms with van der Waals surface area (Å²) >= 11 is 0. The average Bonchev–Trinajstić information content (AvgIpc) is 3.19. The van der Waals surface area contributed by atoms with Crippen LogP contribution in [0.25, 0.3) is 16.9 Å². The number of aromatic nitrogens is 6. The van der Waals surface area contributed by atoms with Crippen molar-refractivity contribution in [1.82, 2.24) is 29.1 Å². The molecule has 0 amide bonds. The molecule has 0 atom stereocenters. The highest BCUT2D eigenvalue weighted by Crippen LogP contribution is 2.26. The van der Waals surface area contributed by atoms with Gasteiger partial charge in [-0.3, -0.25) is 4.99 Å². The van der Waals surface area contributed by atoms with Crippen LogP contribution in [-0.2, 0) is 13.1 Å². The largest absolute Gasteiger partial charge is 0.322 e. The molecule has 4 rings (SSSR count). The number of rotatable bonds is 4. The van der Waals surface area contributed by atoms with Gasteiger partial charge in [-0.25, -0.2) is 24.3 Å². The molecule has 7 nitrogen and oxygen atoms in total. The van der Waals surface area contributed by atoms with Crippen LogP contribution in [0.5, 0.6) is 0 Å². The monoisotopic (exact) mass is 339 g/mol. The molecule has 0 N–H and O–H groups in total. The Bertz CT molecular complexity index is 996. The Morgan fingerprint density at radius 1 is 1.24 bits per heavy atom. The topological polar surface area (TPSA) is 73.8 Å². The molecule has 0 aromatic carbocycles. The lowest BCUT2D eigenvalue weighted by Gasteiger charge is -2.12. The third-order valence-corrected chi connectivity index (χ3v) is 4.21. The zero-order valence-corrected chi connectivity index (χ0v) is 14.1. The van der Waals surface area contributed by atoms with Crippen LogP contribution in [0.15, 0.2) is 29.4 Å². The van der Waals surface area contributed by atoms with Gasteiger partial charge in [-0.2, -0.15) is 0 Å². The average molecular weight is 339 g/mol. The van der Waals surface area contributed by atoms with Gasteiger partial charge in [-0.15, -0.1) is 0 Å². The Morgan fingerprint density at radius 3 is 2.92 bits per heavy atom. The molecule has 0 saturated heterocycles. The SMILES string of the molecule is CCn1c(Cn2ccnc2C2=C(F)CCC=N2)nc2cnc(C)nc21. The summed E-state index contributed by atoms with van der Waals surface area (Å²) in [6, 6.07) is 0. The number of hydrogen-bond donors (Lipinski definition) is 0. The first kappa shape index (κ1) is 15.6. The molecule has 0 saturated carbocycles. The molecule has 1 aliphatic heterocycles. The van der Waals surface area contributed by atoms with Crippen LogP contribution in [0.1, 0.15) is 37.2 Å². The van der Waals surface area contributed by atoms with Crippen molar-refractivity contribution in [1.29, 1.82) is 0 Å². The molecule has 8 heteroatoms. The Balaban J connectivity index is 1.76. The number of imidazole rings is 2. The van der Waals surface area contributed by atoms with E-state index in [0.29, 0.717) is 36.7 Å². The molecule has 4 heterocycles. The molecule has 25 heavy (non-hydrogen) atoms. The molecule has 128 valence electrons. The zero-order chi connectivity index (χ0) is 17.4. The lowest BCUT2D eigenvalue weighted by molar-refractivity contribution is 0.590. The number of fused-ring (bicyclic) bond motifs is 1. The molecule has 0 radical (unpaired) electrons. The Kier molecular flexibility index (Phi) is 3.87. The number of hydrogen-bond acceptors (Lipinski definition) is 5. The van der Waals surface area contributed by atoms with E-state index in [1.807, 2.05) is 29.2 Å². The second kappa shape index (κ2) is 6.19. The lowest BCUT2D eigenvalue weighted by Crippen LogP contribution is -2.11. The number of aliphatic imine (C=N–C) groups is 1. The van der Waals surface area contributed by atoms with Crippen molar-refractivity contribution in [2.24, 2.45) is 4.99 Å². The summed E-state index contributed by atoms with van der Waals surface area (Å²) < 4.78 is 18.1.